The van der Waals surface area contributed by atoms with Gasteiger partial charge in [0.1, 0.15) is 17.6 Å². The van der Waals surface area contributed by atoms with Crippen molar-refractivity contribution in [3.63, 3.8) is 0 Å². The number of carbonyl (C=O) groups is 2. The van der Waals surface area contributed by atoms with Gasteiger partial charge in [-0.2, -0.15) is 13.2 Å². The van der Waals surface area contributed by atoms with E-state index in [0.29, 0.717) is 19.6 Å². The number of carbonyl (C=O) groups excluding carboxylic acids is 2. The molecule has 0 spiro atoms. The van der Waals surface area contributed by atoms with Gasteiger partial charge in [0.05, 0.1) is 35.9 Å². The number of aliphatic hydroxyl groups is 1. The second kappa shape index (κ2) is 15.6. The molecule has 11 heteroatoms. The van der Waals surface area contributed by atoms with Gasteiger partial charge in [0, 0.05) is 25.6 Å². The molecule has 1 heterocycles. The van der Waals surface area contributed by atoms with E-state index >= 15 is 0 Å². The Kier molecular flexibility index (Phi) is 11.3. The lowest BCUT2D eigenvalue weighted by atomic mass is 9.98. The number of nitrogens with zero attached hydrogens (tertiary/aromatic N) is 2. The summed E-state index contributed by atoms with van der Waals surface area (Å²) in [5.41, 5.74) is 0.849. The lowest BCUT2D eigenvalue weighted by Crippen LogP contribution is -2.49. The molecule has 1 aliphatic heterocycles. The molecule has 0 bridgehead atoms. The highest BCUT2D eigenvalue weighted by Crippen LogP contribution is 2.35. The molecule has 1 aliphatic rings. The maximum absolute atomic E-state index is 13.8. The Morgan fingerprint density at radius 3 is 2.39 bits per heavy atom. The fraction of sp³-hybridized carbons (Fsp3) is 0.316. The molecular weight excluding hydrogens is 635 g/mol. The number of halogens is 3. The number of nitrogens with one attached hydrogen (secondary N) is 1. The molecule has 5 rings (SSSR count). The van der Waals surface area contributed by atoms with E-state index < -0.39 is 29.8 Å². The highest BCUT2D eigenvalue weighted by Gasteiger charge is 2.35. The molecule has 0 aliphatic carbocycles. The monoisotopic (exact) mass is 675 g/mol. The molecule has 0 aromatic heterocycles. The number of amides is 2. The van der Waals surface area contributed by atoms with Gasteiger partial charge in [-0.1, -0.05) is 61.5 Å². The van der Waals surface area contributed by atoms with Crippen LogP contribution in [0.25, 0.3) is 0 Å². The number of hydrogen-bond acceptors (Lipinski definition) is 6. The molecule has 2 amide bonds. The summed E-state index contributed by atoms with van der Waals surface area (Å²) in [7, 11) is 1.96. The van der Waals surface area contributed by atoms with Crippen molar-refractivity contribution in [1.82, 2.24) is 9.80 Å². The van der Waals surface area contributed by atoms with Crippen molar-refractivity contribution in [2.45, 2.75) is 45.1 Å². The number of anilines is 1. The summed E-state index contributed by atoms with van der Waals surface area (Å²) in [6.45, 7) is 4.88. The number of fused-ring (bicyclic) bond motifs is 1. The minimum Gasteiger partial charge on any atom is -0.486 e. The zero-order chi connectivity index (χ0) is 35.1. The van der Waals surface area contributed by atoms with Crippen molar-refractivity contribution in [2.75, 3.05) is 32.1 Å². The molecule has 3 atom stereocenters. The Balaban J connectivity index is 1.35. The van der Waals surface area contributed by atoms with Gasteiger partial charge in [0.15, 0.2) is 5.75 Å². The molecule has 8 nitrogen and oxygen atoms in total. The van der Waals surface area contributed by atoms with Gasteiger partial charge < -0.3 is 24.8 Å². The van der Waals surface area contributed by atoms with Gasteiger partial charge in [-0.3, -0.25) is 14.5 Å². The predicted octanol–water partition coefficient (Wildman–Crippen LogP) is 7.03. The van der Waals surface area contributed by atoms with Crippen LogP contribution in [0.15, 0.2) is 97.1 Å². The molecule has 0 saturated heterocycles. The number of benzene rings is 4. The van der Waals surface area contributed by atoms with Gasteiger partial charge in [-0.15, -0.1) is 0 Å². The number of ether oxygens (including phenoxy) is 2. The Bertz CT molecular complexity index is 1730. The van der Waals surface area contributed by atoms with Crippen LogP contribution in [0, 0.1) is 5.92 Å². The van der Waals surface area contributed by atoms with Crippen molar-refractivity contribution < 1.29 is 37.3 Å². The summed E-state index contributed by atoms with van der Waals surface area (Å²) in [5.74, 6) is 0.542. The minimum absolute atomic E-state index is 0.174. The van der Waals surface area contributed by atoms with E-state index in [9.17, 15) is 27.9 Å². The third kappa shape index (κ3) is 9.18. The topological polar surface area (TPSA) is 91.3 Å². The van der Waals surface area contributed by atoms with Crippen molar-refractivity contribution in [3.05, 3.63) is 119 Å². The summed E-state index contributed by atoms with van der Waals surface area (Å²) in [6.07, 6.45) is -5.29. The van der Waals surface area contributed by atoms with Crippen LogP contribution < -0.4 is 14.8 Å². The Morgan fingerprint density at radius 1 is 1.00 bits per heavy atom. The highest BCUT2D eigenvalue weighted by atomic mass is 19.4. The van der Waals surface area contributed by atoms with Crippen LogP contribution in [-0.2, 0) is 23.9 Å². The largest absolute Gasteiger partial charge is 0.486 e. The zero-order valence-electron chi connectivity index (χ0n) is 27.6. The van der Waals surface area contributed by atoms with E-state index in [1.54, 1.807) is 30.0 Å². The summed E-state index contributed by atoms with van der Waals surface area (Å²) < 4.78 is 52.3. The lowest BCUT2D eigenvalue weighted by Gasteiger charge is -2.38. The number of alkyl halides is 3. The predicted molar refractivity (Wildman–Crippen MR) is 181 cm³/mol. The molecular formula is C38H40F3N3O5. The Morgan fingerprint density at radius 2 is 1.69 bits per heavy atom. The van der Waals surface area contributed by atoms with Gasteiger partial charge in [-0.25, -0.2) is 0 Å². The van der Waals surface area contributed by atoms with Gasteiger partial charge in [0.25, 0.3) is 5.91 Å². The second-order valence-electron chi connectivity index (χ2n) is 12.5. The summed E-state index contributed by atoms with van der Waals surface area (Å²) >= 11 is 0. The zero-order valence-corrected chi connectivity index (χ0v) is 27.6. The van der Waals surface area contributed by atoms with Crippen molar-refractivity contribution in [1.29, 1.82) is 0 Å². The van der Waals surface area contributed by atoms with E-state index in [2.05, 4.69) is 10.2 Å². The molecule has 2 N–H and O–H groups in total. The van der Waals surface area contributed by atoms with Gasteiger partial charge in [-0.05, 0) is 67.6 Å². The number of para-hydroxylation sites is 2. The third-order valence-electron chi connectivity index (χ3n) is 8.43. The van der Waals surface area contributed by atoms with Crippen molar-refractivity contribution in [2.24, 2.45) is 5.92 Å². The average molecular weight is 676 g/mol. The SMILES string of the molecule is C[C@@H]1CN([C@@H](C)CO)C(=O)c2cccc(NC(=O)Cc3cccc(C(F)(F)F)c3)c2O[C@@H]1CN(C)Cc1ccc(Oc2ccccc2)cc1. The van der Waals surface area contributed by atoms with E-state index in [-0.39, 0.29) is 47.4 Å². The first-order valence-electron chi connectivity index (χ1n) is 16.1. The summed E-state index contributed by atoms with van der Waals surface area (Å²) in [6, 6.07) is 26.3. The first kappa shape index (κ1) is 35.4. The maximum atomic E-state index is 13.8. The van der Waals surface area contributed by atoms with Crippen LogP contribution in [0.3, 0.4) is 0 Å². The lowest BCUT2D eigenvalue weighted by molar-refractivity contribution is -0.137. The molecule has 258 valence electrons. The van der Waals surface area contributed by atoms with Crippen LogP contribution in [0.5, 0.6) is 17.2 Å². The highest BCUT2D eigenvalue weighted by molar-refractivity contribution is 6.02. The quantitative estimate of drug-likeness (QED) is 0.178. The molecule has 0 fully saturated rings. The summed E-state index contributed by atoms with van der Waals surface area (Å²) in [5, 5.41) is 12.8. The normalized spacial score (nSPS) is 17.1. The molecule has 0 radical (unpaired) electrons. The van der Waals surface area contributed by atoms with Crippen molar-refractivity contribution >= 4 is 17.5 Å². The first-order chi connectivity index (χ1) is 23.4. The number of hydrogen-bond donors (Lipinski definition) is 2. The first-order valence-corrected chi connectivity index (χ1v) is 16.1. The summed E-state index contributed by atoms with van der Waals surface area (Å²) in [4.78, 5) is 30.7. The van der Waals surface area contributed by atoms with Crippen LogP contribution in [-0.4, -0.2) is 65.6 Å². The molecule has 0 unspecified atom stereocenters. The van der Waals surface area contributed by atoms with Crippen LogP contribution >= 0.6 is 0 Å². The number of rotatable bonds is 11. The van der Waals surface area contributed by atoms with E-state index in [0.717, 1.165) is 29.2 Å². The fourth-order valence-corrected chi connectivity index (χ4v) is 5.77. The Hall–Kier alpha value is -4.87. The standard InChI is InChI=1S/C38H40F3N3O5/c1-25-21-44(26(2)24-45)37(47)32-13-8-14-33(42-35(46)20-28-9-7-10-29(19-28)38(39,40)41)36(32)49-34(25)23-43(3)22-27-15-17-31(18-16-27)48-30-11-5-4-6-12-30/h4-19,25-26,34,45H,20-24H2,1-3H3,(H,42,46)/t25-,26+,34-/m1/s1. The fourth-order valence-electron chi connectivity index (χ4n) is 5.77. The maximum Gasteiger partial charge on any atom is 0.416 e. The average Bonchev–Trinajstić information content (AvgIpc) is 3.07. The minimum atomic E-state index is -4.54. The molecule has 4 aromatic rings. The van der Waals surface area contributed by atoms with Crippen LogP contribution in [0.2, 0.25) is 0 Å². The Labute approximate surface area is 284 Å². The molecule has 0 saturated carbocycles. The van der Waals surface area contributed by atoms with Crippen molar-refractivity contribution in [3.8, 4) is 17.2 Å². The molecule has 4 aromatic carbocycles. The van der Waals surface area contributed by atoms with Gasteiger partial charge >= 0.3 is 6.18 Å². The second-order valence-corrected chi connectivity index (χ2v) is 12.5. The smallest absolute Gasteiger partial charge is 0.416 e. The van der Waals surface area contributed by atoms with Gasteiger partial charge in [0.2, 0.25) is 5.91 Å². The number of likely N-dealkylation sites (N-methyl/N-ethyl adjacent to an activating group) is 1. The molecule has 49 heavy (non-hydrogen) atoms. The van der Waals surface area contributed by atoms with Crippen LogP contribution in [0.1, 0.15) is 40.9 Å². The van der Waals surface area contributed by atoms with Crippen LogP contribution in [0.4, 0.5) is 18.9 Å². The number of aliphatic hydroxyl groups excluding tert-OH is 1. The van der Waals surface area contributed by atoms with E-state index in [4.69, 9.17) is 9.47 Å². The third-order valence-corrected chi connectivity index (χ3v) is 8.43. The van der Waals surface area contributed by atoms with E-state index in [1.807, 2.05) is 68.6 Å². The van der Waals surface area contributed by atoms with E-state index in [1.165, 1.54) is 12.1 Å².